The molecule has 2 fully saturated rings. The predicted molar refractivity (Wildman–Crippen MR) is 76.5 cm³/mol. The van der Waals surface area contributed by atoms with Crippen LogP contribution in [0.5, 0.6) is 0 Å². The van der Waals surface area contributed by atoms with Gasteiger partial charge in [0.15, 0.2) is 0 Å². The Hall–Kier alpha value is -0.850. The molecule has 0 aromatic carbocycles. The molecule has 1 nitrogen and oxygen atoms in total. The number of carbonyl (C=O) groups is 1. The van der Waals surface area contributed by atoms with Crippen LogP contribution in [0.4, 0.5) is 0 Å². The molecule has 4 rings (SSSR count). The molecule has 4 aliphatic rings. The molecule has 4 aliphatic carbocycles. The van der Waals surface area contributed by atoms with Gasteiger partial charge in [0.05, 0.1) is 0 Å². The highest BCUT2D eigenvalue weighted by Crippen LogP contribution is 2.59. The van der Waals surface area contributed by atoms with E-state index in [4.69, 9.17) is 0 Å². The molecule has 0 amide bonds. The number of rotatable bonds is 0. The van der Waals surface area contributed by atoms with Crippen molar-refractivity contribution in [3.8, 4) is 0 Å². The van der Waals surface area contributed by atoms with Crippen molar-refractivity contribution in [1.29, 1.82) is 0 Å². The van der Waals surface area contributed by atoms with Crippen LogP contribution in [0.25, 0.3) is 0 Å². The lowest BCUT2D eigenvalue weighted by Crippen LogP contribution is -2.45. The van der Waals surface area contributed by atoms with Gasteiger partial charge in [-0.25, -0.2) is 0 Å². The van der Waals surface area contributed by atoms with Gasteiger partial charge in [-0.1, -0.05) is 37.6 Å². The van der Waals surface area contributed by atoms with E-state index < -0.39 is 0 Å². The summed E-state index contributed by atoms with van der Waals surface area (Å²) in [5.41, 5.74) is 0.598. The molecule has 2 saturated carbocycles. The molecular weight excluding hydrogens is 232 g/mol. The van der Waals surface area contributed by atoms with E-state index in [9.17, 15) is 4.79 Å². The number of hydrogen-bond donors (Lipinski definition) is 0. The molecule has 0 aromatic rings. The van der Waals surface area contributed by atoms with Crippen LogP contribution in [-0.2, 0) is 4.79 Å². The van der Waals surface area contributed by atoms with Crippen molar-refractivity contribution >= 4 is 5.78 Å². The van der Waals surface area contributed by atoms with Crippen molar-refractivity contribution in [1.82, 2.24) is 0 Å². The molecule has 6 atom stereocenters. The van der Waals surface area contributed by atoms with E-state index in [0.29, 0.717) is 23.5 Å². The van der Waals surface area contributed by atoms with Gasteiger partial charge in [-0.15, -0.1) is 0 Å². The summed E-state index contributed by atoms with van der Waals surface area (Å²) in [6, 6.07) is 0. The lowest BCUT2D eigenvalue weighted by atomic mass is 9.54. The molecular formula is C18H24O. The maximum Gasteiger partial charge on any atom is 0.144 e. The Morgan fingerprint density at radius 2 is 2.00 bits per heavy atom. The highest BCUT2D eigenvalue weighted by atomic mass is 16.1. The molecule has 0 spiro atoms. The normalized spacial score (nSPS) is 51.6. The monoisotopic (exact) mass is 256 g/mol. The summed E-state index contributed by atoms with van der Waals surface area (Å²) in [6.07, 6.45) is 16.8. The Kier molecular flexibility index (Phi) is 2.56. The zero-order chi connectivity index (χ0) is 13.0. The van der Waals surface area contributed by atoms with Gasteiger partial charge in [0.25, 0.3) is 0 Å². The average molecular weight is 256 g/mol. The molecule has 0 aromatic heterocycles. The Balaban J connectivity index is 1.70. The fourth-order valence-corrected chi connectivity index (χ4v) is 5.64. The molecule has 0 N–H and O–H groups in total. The Labute approximate surface area is 116 Å². The quantitative estimate of drug-likeness (QED) is 0.595. The maximum absolute atomic E-state index is 12.1. The molecule has 0 aliphatic heterocycles. The topological polar surface area (TPSA) is 17.1 Å². The fraction of sp³-hybridized carbons (Fsp3) is 0.722. The van der Waals surface area contributed by atoms with Gasteiger partial charge in [0.2, 0.25) is 0 Å². The zero-order valence-electron chi connectivity index (χ0n) is 11.8. The fourth-order valence-electron chi connectivity index (χ4n) is 5.64. The molecule has 1 heteroatoms. The van der Waals surface area contributed by atoms with E-state index in [1.54, 1.807) is 0 Å². The van der Waals surface area contributed by atoms with Crippen LogP contribution in [-0.4, -0.2) is 5.78 Å². The van der Waals surface area contributed by atoms with Gasteiger partial charge < -0.3 is 0 Å². The van der Waals surface area contributed by atoms with Crippen molar-refractivity contribution in [2.45, 2.75) is 45.4 Å². The lowest BCUT2D eigenvalue weighted by Gasteiger charge is -2.50. The van der Waals surface area contributed by atoms with Crippen LogP contribution in [0, 0.1) is 35.0 Å². The first-order valence-corrected chi connectivity index (χ1v) is 8.07. The Morgan fingerprint density at radius 3 is 2.89 bits per heavy atom. The smallest absolute Gasteiger partial charge is 0.144 e. The van der Waals surface area contributed by atoms with Crippen LogP contribution < -0.4 is 0 Å². The highest BCUT2D eigenvalue weighted by Gasteiger charge is 2.52. The second-order valence-corrected chi connectivity index (χ2v) is 7.52. The summed E-state index contributed by atoms with van der Waals surface area (Å²) in [5.74, 6) is 3.54. The van der Waals surface area contributed by atoms with Crippen molar-refractivity contribution in [2.75, 3.05) is 0 Å². The van der Waals surface area contributed by atoms with Crippen LogP contribution >= 0.6 is 0 Å². The number of allylic oxidation sites excluding steroid dienone is 4. The number of fused-ring (bicyclic) bond motifs is 5. The maximum atomic E-state index is 12.1. The van der Waals surface area contributed by atoms with E-state index in [1.165, 1.54) is 32.1 Å². The molecule has 0 bridgehead atoms. The van der Waals surface area contributed by atoms with E-state index in [1.807, 2.05) is 0 Å². The first kappa shape index (κ1) is 11.9. The number of hydrogen-bond acceptors (Lipinski definition) is 1. The van der Waals surface area contributed by atoms with Crippen molar-refractivity contribution in [3.05, 3.63) is 24.3 Å². The minimum atomic E-state index is 0.206. The number of carbonyl (C=O) groups excluding carboxylic acids is 1. The summed E-state index contributed by atoms with van der Waals surface area (Å²) in [4.78, 5) is 12.1. The lowest BCUT2D eigenvalue weighted by molar-refractivity contribution is -0.123. The summed E-state index contributed by atoms with van der Waals surface area (Å²) >= 11 is 0. The van der Waals surface area contributed by atoms with Crippen molar-refractivity contribution in [3.63, 3.8) is 0 Å². The van der Waals surface area contributed by atoms with Gasteiger partial charge in [-0.2, -0.15) is 0 Å². The molecule has 0 heterocycles. The third-order valence-corrected chi connectivity index (χ3v) is 6.66. The van der Waals surface area contributed by atoms with E-state index in [0.717, 1.165) is 17.8 Å². The highest BCUT2D eigenvalue weighted by molar-refractivity contribution is 5.85. The van der Waals surface area contributed by atoms with Crippen LogP contribution in [0.2, 0.25) is 0 Å². The summed E-state index contributed by atoms with van der Waals surface area (Å²) < 4.78 is 0. The number of ketones is 1. The molecule has 0 radical (unpaired) electrons. The number of Topliss-reactive ketones (excluding diaryl/α,β-unsaturated/α-hetero) is 1. The Bertz CT molecular complexity index is 460. The minimum absolute atomic E-state index is 0.206. The van der Waals surface area contributed by atoms with Crippen molar-refractivity contribution < 1.29 is 4.79 Å². The average Bonchev–Trinajstić information content (AvgIpc) is 2.80. The van der Waals surface area contributed by atoms with Gasteiger partial charge in [-0.3, -0.25) is 4.79 Å². The van der Waals surface area contributed by atoms with Gasteiger partial charge >= 0.3 is 0 Å². The summed E-state index contributed by atoms with van der Waals surface area (Å²) in [7, 11) is 0. The summed E-state index contributed by atoms with van der Waals surface area (Å²) in [6.45, 7) is 2.52. The third-order valence-electron chi connectivity index (χ3n) is 6.66. The van der Waals surface area contributed by atoms with Gasteiger partial charge in [-0.05, 0) is 54.8 Å². The third kappa shape index (κ3) is 1.63. The molecule has 102 valence electrons. The molecule has 19 heavy (non-hydrogen) atoms. The summed E-state index contributed by atoms with van der Waals surface area (Å²) in [5, 5.41) is 0. The predicted octanol–water partition coefficient (Wildman–Crippen LogP) is 4.15. The minimum Gasteiger partial charge on any atom is -0.299 e. The standard InChI is InChI=1S/C18H24O/c1-18-10-3-5-16(18)14-7-8-15-12(13(14)9-11-18)4-2-6-17(15)19/h2,4,7-8,12-16H,3,5-6,9-11H2,1H3/t12-,13-,14-,15?,16+,18+/m1/s1. The first-order valence-electron chi connectivity index (χ1n) is 8.07. The van der Waals surface area contributed by atoms with Crippen molar-refractivity contribution in [2.24, 2.45) is 35.0 Å². The van der Waals surface area contributed by atoms with Crippen LogP contribution in [0.1, 0.15) is 45.4 Å². The van der Waals surface area contributed by atoms with Gasteiger partial charge in [0.1, 0.15) is 5.78 Å². The van der Waals surface area contributed by atoms with E-state index in [2.05, 4.69) is 31.2 Å². The molecule has 0 saturated heterocycles. The van der Waals surface area contributed by atoms with Gasteiger partial charge in [0, 0.05) is 12.3 Å². The van der Waals surface area contributed by atoms with Crippen LogP contribution in [0.3, 0.4) is 0 Å². The van der Waals surface area contributed by atoms with Crippen LogP contribution in [0.15, 0.2) is 24.3 Å². The second kappa shape index (κ2) is 4.07. The molecule has 1 unspecified atom stereocenters. The van der Waals surface area contributed by atoms with E-state index in [-0.39, 0.29) is 5.92 Å². The largest absolute Gasteiger partial charge is 0.299 e. The second-order valence-electron chi connectivity index (χ2n) is 7.52. The first-order chi connectivity index (χ1) is 9.19. The van der Waals surface area contributed by atoms with E-state index >= 15 is 0 Å². The zero-order valence-corrected chi connectivity index (χ0v) is 11.8. The Morgan fingerprint density at radius 1 is 1.11 bits per heavy atom. The SMILES string of the molecule is C[C@@]12CCC[C@H]1[C@@H]1C=CC3C(=O)CC=C[C@@H]3[C@H]1CC2.